The first kappa shape index (κ1) is 13.3. The molecule has 2 heterocycles. The highest BCUT2D eigenvalue weighted by Crippen LogP contribution is 2.27. The predicted octanol–water partition coefficient (Wildman–Crippen LogP) is 4.30. The molecule has 0 aliphatic carbocycles. The van der Waals surface area contributed by atoms with E-state index in [1.165, 1.54) is 31.2 Å². The van der Waals surface area contributed by atoms with Crippen LogP contribution in [-0.2, 0) is 0 Å². The minimum absolute atomic E-state index is 0.588. The van der Waals surface area contributed by atoms with Crippen LogP contribution in [-0.4, -0.2) is 22.9 Å². The lowest BCUT2D eigenvalue weighted by atomic mass is 10.1. The summed E-state index contributed by atoms with van der Waals surface area (Å²) in [6.07, 6.45) is 7.12. The van der Waals surface area contributed by atoms with E-state index in [0.29, 0.717) is 6.04 Å². The topological polar surface area (TPSA) is 16.1 Å². The van der Waals surface area contributed by atoms with Gasteiger partial charge < -0.3 is 4.90 Å². The van der Waals surface area contributed by atoms with Gasteiger partial charge in [-0.2, -0.15) is 0 Å². The summed E-state index contributed by atoms with van der Waals surface area (Å²) in [4.78, 5) is 7.08. The lowest BCUT2D eigenvalue weighted by molar-refractivity contribution is 0.620. The van der Waals surface area contributed by atoms with Crippen LogP contribution in [0.3, 0.4) is 0 Å². The van der Waals surface area contributed by atoms with Crippen molar-refractivity contribution in [2.45, 2.75) is 38.6 Å². The predicted molar refractivity (Wildman–Crippen MR) is 80.1 cm³/mol. The third-order valence-corrected chi connectivity index (χ3v) is 4.53. The Kier molecular flexibility index (Phi) is 4.86. The van der Waals surface area contributed by atoms with Gasteiger partial charge in [-0.3, -0.25) is 0 Å². The number of anilines is 1. The molecule has 2 nitrogen and oxygen atoms in total. The molecule has 1 aliphatic heterocycles. The molecule has 1 unspecified atom stereocenters. The van der Waals surface area contributed by atoms with E-state index in [2.05, 4.69) is 54.7 Å². The van der Waals surface area contributed by atoms with Crippen LogP contribution in [0.15, 0.2) is 16.7 Å². The molecule has 1 fully saturated rings. The molecule has 0 spiro atoms. The first-order valence-electron chi connectivity index (χ1n) is 6.17. The summed E-state index contributed by atoms with van der Waals surface area (Å²) >= 11 is 7.12. The van der Waals surface area contributed by atoms with Crippen molar-refractivity contribution in [2.24, 2.45) is 0 Å². The largest absolute Gasteiger partial charge is 0.353 e. The molecule has 17 heavy (non-hydrogen) atoms. The second kappa shape index (κ2) is 6.19. The number of nitrogens with zero attached hydrogens (tertiary/aromatic N) is 2. The minimum atomic E-state index is 0.588. The van der Waals surface area contributed by atoms with Gasteiger partial charge in [-0.1, -0.05) is 28.8 Å². The third kappa shape index (κ3) is 3.22. The van der Waals surface area contributed by atoms with Crippen LogP contribution in [0, 0.1) is 6.92 Å². The van der Waals surface area contributed by atoms with Gasteiger partial charge in [0.05, 0.1) is 0 Å². The summed E-state index contributed by atoms with van der Waals surface area (Å²) < 4.78 is 1.06. The molecule has 0 saturated carbocycles. The fourth-order valence-corrected chi connectivity index (χ4v) is 3.57. The number of alkyl halides is 1. The van der Waals surface area contributed by atoms with Crippen molar-refractivity contribution in [2.75, 3.05) is 16.8 Å². The standard InChI is InChI=1S/C13H18Br2N2/c1-10-7-11(15)9-16-13(10)17-6-4-2-3-5-12(17)8-14/h7,9,12H,2-6,8H2,1H3. The van der Waals surface area contributed by atoms with Crippen LogP contribution >= 0.6 is 31.9 Å². The van der Waals surface area contributed by atoms with Crippen LogP contribution in [0.5, 0.6) is 0 Å². The van der Waals surface area contributed by atoms with Gasteiger partial charge in [0.2, 0.25) is 0 Å². The minimum Gasteiger partial charge on any atom is -0.353 e. The second-order valence-corrected chi connectivity index (χ2v) is 6.21. The fourth-order valence-electron chi connectivity index (χ4n) is 2.45. The summed E-state index contributed by atoms with van der Waals surface area (Å²) in [6.45, 7) is 3.27. The van der Waals surface area contributed by atoms with Gasteiger partial charge in [0.1, 0.15) is 5.82 Å². The van der Waals surface area contributed by atoms with Gasteiger partial charge >= 0.3 is 0 Å². The third-order valence-electron chi connectivity index (χ3n) is 3.34. The van der Waals surface area contributed by atoms with E-state index < -0.39 is 0 Å². The monoisotopic (exact) mass is 360 g/mol. The quantitative estimate of drug-likeness (QED) is 0.730. The Hall–Kier alpha value is -0.0900. The number of pyridine rings is 1. The first-order chi connectivity index (χ1) is 8.22. The van der Waals surface area contributed by atoms with E-state index >= 15 is 0 Å². The van der Waals surface area contributed by atoms with Crippen molar-refractivity contribution >= 4 is 37.7 Å². The smallest absolute Gasteiger partial charge is 0.131 e. The van der Waals surface area contributed by atoms with Gasteiger partial charge in [-0.05, 0) is 47.3 Å². The lowest BCUT2D eigenvalue weighted by Crippen LogP contribution is -2.37. The zero-order valence-electron chi connectivity index (χ0n) is 10.1. The van der Waals surface area contributed by atoms with E-state index in [9.17, 15) is 0 Å². The van der Waals surface area contributed by atoms with E-state index in [4.69, 9.17) is 0 Å². The number of aromatic nitrogens is 1. The van der Waals surface area contributed by atoms with Crippen LogP contribution < -0.4 is 4.90 Å². The molecule has 2 rings (SSSR count). The molecular formula is C13H18Br2N2. The summed E-state index contributed by atoms with van der Waals surface area (Å²) in [5.74, 6) is 1.15. The zero-order chi connectivity index (χ0) is 12.3. The fraction of sp³-hybridized carbons (Fsp3) is 0.615. The van der Waals surface area contributed by atoms with Crippen LogP contribution in [0.25, 0.3) is 0 Å². The molecule has 0 aromatic carbocycles. The highest BCUT2D eigenvalue weighted by atomic mass is 79.9. The Labute approximate surface area is 120 Å². The number of halogens is 2. The Morgan fingerprint density at radius 3 is 2.94 bits per heavy atom. The van der Waals surface area contributed by atoms with Crippen LogP contribution in [0.1, 0.15) is 31.2 Å². The molecule has 1 saturated heterocycles. The molecule has 4 heteroatoms. The van der Waals surface area contributed by atoms with Crippen molar-refractivity contribution < 1.29 is 0 Å². The van der Waals surface area contributed by atoms with E-state index in [0.717, 1.165) is 22.2 Å². The maximum Gasteiger partial charge on any atom is 0.131 e. The second-order valence-electron chi connectivity index (χ2n) is 4.64. The highest BCUT2D eigenvalue weighted by molar-refractivity contribution is 9.10. The average Bonchev–Trinajstić information content (AvgIpc) is 2.54. The van der Waals surface area contributed by atoms with Gasteiger partial charge in [0.15, 0.2) is 0 Å². The average molecular weight is 362 g/mol. The maximum atomic E-state index is 4.60. The molecule has 1 atom stereocenters. The molecular weight excluding hydrogens is 344 g/mol. The number of hydrogen-bond acceptors (Lipinski definition) is 2. The van der Waals surface area contributed by atoms with E-state index in [1.807, 2.05) is 6.20 Å². The first-order valence-corrected chi connectivity index (χ1v) is 8.08. The van der Waals surface area contributed by atoms with Crippen molar-refractivity contribution in [3.63, 3.8) is 0 Å². The summed E-state index contributed by atoms with van der Waals surface area (Å²) in [7, 11) is 0. The normalized spacial score (nSPS) is 21.4. The zero-order valence-corrected chi connectivity index (χ0v) is 13.3. The molecule has 94 valence electrons. The Balaban J connectivity index is 2.28. The summed E-state index contributed by atoms with van der Waals surface area (Å²) in [5, 5.41) is 1.03. The molecule has 1 aromatic heterocycles. The van der Waals surface area contributed by atoms with Crippen molar-refractivity contribution in [3.05, 3.63) is 22.3 Å². The molecule has 0 bridgehead atoms. The molecule has 1 aromatic rings. The highest BCUT2D eigenvalue weighted by Gasteiger charge is 2.22. The molecule has 0 N–H and O–H groups in total. The Bertz CT molecular complexity index is 382. The van der Waals surface area contributed by atoms with E-state index in [-0.39, 0.29) is 0 Å². The molecule has 1 aliphatic rings. The maximum absolute atomic E-state index is 4.60. The van der Waals surface area contributed by atoms with Gasteiger partial charge in [0, 0.05) is 28.6 Å². The molecule has 0 amide bonds. The summed E-state index contributed by atoms with van der Waals surface area (Å²) in [5.41, 5.74) is 1.26. The van der Waals surface area contributed by atoms with Gasteiger partial charge in [-0.15, -0.1) is 0 Å². The van der Waals surface area contributed by atoms with Crippen LogP contribution in [0.2, 0.25) is 0 Å². The molecule has 0 radical (unpaired) electrons. The van der Waals surface area contributed by atoms with Crippen molar-refractivity contribution in [1.82, 2.24) is 4.98 Å². The van der Waals surface area contributed by atoms with Gasteiger partial charge in [0.25, 0.3) is 0 Å². The number of rotatable bonds is 2. The SMILES string of the molecule is Cc1cc(Br)cnc1N1CCCCCC1CBr. The van der Waals surface area contributed by atoms with Crippen LogP contribution in [0.4, 0.5) is 5.82 Å². The van der Waals surface area contributed by atoms with Crippen molar-refractivity contribution in [1.29, 1.82) is 0 Å². The number of aryl methyl sites for hydroxylation is 1. The van der Waals surface area contributed by atoms with Crippen molar-refractivity contribution in [3.8, 4) is 0 Å². The summed E-state index contributed by atoms with van der Waals surface area (Å²) in [6, 6.07) is 2.74. The number of hydrogen-bond donors (Lipinski definition) is 0. The lowest BCUT2D eigenvalue weighted by Gasteiger charge is -2.31. The van der Waals surface area contributed by atoms with E-state index in [1.54, 1.807) is 0 Å². The Morgan fingerprint density at radius 1 is 1.41 bits per heavy atom. The Morgan fingerprint density at radius 2 is 2.24 bits per heavy atom. The van der Waals surface area contributed by atoms with Gasteiger partial charge in [-0.25, -0.2) is 4.98 Å².